The molecule has 0 aliphatic heterocycles. The predicted octanol–water partition coefficient (Wildman–Crippen LogP) is 4.73. The quantitative estimate of drug-likeness (QED) is 0.663. The Labute approximate surface area is 147 Å². The molecule has 4 heteroatoms. The number of hydrogen-bond acceptors (Lipinski definition) is 4. The van der Waals surface area contributed by atoms with Gasteiger partial charge in [-0.3, -0.25) is 4.99 Å². The van der Waals surface area contributed by atoms with E-state index in [4.69, 9.17) is 9.47 Å². The normalized spacial score (nSPS) is 10.8. The van der Waals surface area contributed by atoms with Crippen molar-refractivity contribution >= 4 is 11.9 Å². The van der Waals surface area contributed by atoms with Crippen LogP contribution in [0, 0.1) is 0 Å². The Kier molecular flexibility index (Phi) is 5.32. The summed E-state index contributed by atoms with van der Waals surface area (Å²) < 4.78 is 10.8. The molecule has 0 saturated heterocycles. The minimum absolute atomic E-state index is 0.130. The molecule has 0 amide bonds. The van der Waals surface area contributed by atoms with Crippen molar-refractivity contribution in [2.45, 2.75) is 6.61 Å². The molecule has 3 aromatic rings. The molecule has 0 bridgehead atoms. The molecular weight excluding hydrogens is 314 g/mol. The molecular formula is C21H19NO3. The minimum atomic E-state index is 0.130. The Morgan fingerprint density at radius 1 is 0.920 bits per heavy atom. The molecule has 0 aliphatic carbocycles. The summed E-state index contributed by atoms with van der Waals surface area (Å²) >= 11 is 0. The van der Waals surface area contributed by atoms with Gasteiger partial charge in [-0.2, -0.15) is 0 Å². The Morgan fingerprint density at radius 2 is 1.64 bits per heavy atom. The van der Waals surface area contributed by atoms with Crippen LogP contribution in [-0.2, 0) is 6.61 Å². The number of phenolic OH excluding ortho intramolecular Hbond substituents is 1. The van der Waals surface area contributed by atoms with Gasteiger partial charge in [-0.05, 0) is 42.0 Å². The Balaban J connectivity index is 1.62. The van der Waals surface area contributed by atoms with E-state index >= 15 is 0 Å². The Morgan fingerprint density at radius 3 is 2.32 bits per heavy atom. The van der Waals surface area contributed by atoms with Crippen molar-refractivity contribution in [3.05, 3.63) is 83.9 Å². The van der Waals surface area contributed by atoms with Crippen molar-refractivity contribution in [3.63, 3.8) is 0 Å². The number of aromatic hydroxyl groups is 1. The second kappa shape index (κ2) is 8.02. The molecule has 3 rings (SSSR count). The monoisotopic (exact) mass is 333 g/mol. The smallest absolute Gasteiger partial charge is 0.128 e. The van der Waals surface area contributed by atoms with Crippen LogP contribution in [0.4, 0.5) is 5.69 Å². The van der Waals surface area contributed by atoms with Crippen LogP contribution in [0.15, 0.2) is 77.8 Å². The van der Waals surface area contributed by atoms with E-state index in [1.165, 1.54) is 0 Å². The van der Waals surface area contributed by atoms with Gasteiger partial charge in [0.15, 0.2) is 0 Å². The molecule has 0 saturated carbocycles. The van der Waals surface area contributed by atoms with Crippen LogP contribution in [0.2, 0.25) is 0 Å². The van der Waals surface area contributed by atoms with E-state index in [0.717, 1.165) is 17.0 Å². The third-order valence-corrected chi connectivity index (χ3v) is 3.68. The fourth-order valence-electron chi connectivity index (χ4n) is 2.27. The molecule has 0 spiro atoms. The van der Waals surface area contributed by atoms with Crippen LogP contribution in [0.1, 0.15) is 11.1 Å². The first-order valence-corrected chi connectivity index (χ1v) is 7.92. The Bertz CT molecular complexity index is 843. The first-order chi connectivity index (χ1) is 12.2. The average Bonchev–Trinajstić information content (AvgIpc) is 2.67. The maximum atomic E-state index is 9.93. The number of nitrogens with zero attached hydrogens (tertiary/aromatic N) is 1. The molecule has 0 fully saturated rings. The third-order valence-electron chi connectivity index (χ3n) is 3.68. The zero-order chi connectivity index (χ0) is 17.5. The SMILES string of the molecule is COc1ccc(C=Nc2ccc(OCc3ccccc3)cc2)c(O)c1. The van der Waals surface area contributed by atoms with Crippen molar-refractivity contribution in [1.82, 2.24) is 0 Å². The van der Waals surface area contributed by atoms with Crippen molar-refractivity contribution in [1.29, 1.82) is 0 Å². The largest absolute Gasteiger partial charge is 0.507 e. The highest BCUT2D eigenvalue weighted by Gasteiger charge is 2.01. The van der Waals surface area contributed by atoms with E-state index in [1.807, 2.05) is 54.6 Å². The van der Waals surface area contributed by atoms with Gasteiger partial charge in [-0.15, -0.1) is 0 Å². The maximum Gasteiger partial charge on any atom is 0.128 e. The van der Waals surface area contributed by atoms with Crippen molar-refractivity contribution in [2.24, 2.45) is 4.99 Å². The first-order valence-electron chi connectivity index (χ1n) is 7.92. The highest BCUT2D eigenvalue weighted by Crippen LogP contribution is 2.23. The first kappa shape index (κ1) is 16.6. The van der Waals surface area contributed by atoms with E-state index in [2.05, 4.69) is 4.99 Å². The lowest BCUT2D eigenvalue weighted by atomic mass is 10.2. The Hall–Kier alpha value is -3.27. The number of benzene rings is 3. The average molecular weight is 333 g/mol. The van der Waals surface area contributed by atoms with Gasteiger partial charge in [0, 0.05) is 17.8 Å². The molecule has 25 heavy (non-hydrogen) atoms. The highest BCUT2D eigenvalue weighted by atomic mass is 16.5. The van der Waals surface area contributed by atoms with E-state index in [-0.39, 0.29) is 5.75 Å². The molecule has 4 nitrogen and oxygen atoms in total. The van der Waals surface area contributed by atoms with Gasteiger partial charge in [-0.1, -0.05) is 30.3 Å². The fraction of sp³-hybridized carbons (Fsp3) is 0.0952. The van der Waals surface area contributed by atoms with Crippen LogP contribution in [0.5, 0.6) is 17.2 Å². The standard InChI is InChI=1S/C21H19NO3/c1-24-20-10-7-17(21(23)13-20)14-22-18-8-11-19(12-9-18)25-15-16-5-3-2-4-6-16/h2-14,23H,15H2,1H3. The van der Waals surface area contributed by atoms with Crippen LogP contribution in [-0.4, -0.2) is 18.4 Å². The molecule has 0 radical (unpaired) electrons. The van der Waals surface area contributed by atoms with Gasteiger partial charge in [0.2, 0.25) is 0 Å². The summed E-state index contributed by atoms with van der Waals surface area (Å²) in [7, 11) is 1.56. The van der Waals surface area contributed by atoms with Gasteiger partial charge >= 0.3 is 0 Å². The topological polar surface area (TPSA) is 51.0 Å². The molecule has 0 aromatic heterocycles. The number of ether oxygens (including phenoxy) is 2. The number of rotatable bonds is 6. The van der Waals surface area contributed by atoms with Crippen LogP contribution in [0.25, 0.3) is 0 Å². The second-order valence-corrected chi connectivity index (χ2v) is 5.45. The summed E-state index contributed by atoms with van der Waals surface area (Å²) in [5.74, 6) is 1.52. The predicted molar refractivity (Wildman–Crippen MR) is 99.1 cm³/mol. The highest BCUT2D eigenvalue weighted by molar-refractivity contribution is 5.85. The van der Waals surface area contributed by atoms with Crippen LogP contribution in [0.3, 0.4) is 0 Å². The maximum absolute atomic E-state index is 9.93. The van der Waals surface area contributed by atoms with E-state index in [0.29, 0.717) is 17.9 Å². The third kappa shape index (κ3) is 4.61. The van der Waals surface area contributed by atoms with Crippen LogP contribution < -0.4 is 9.47 Å². The van der Waals surface area contributed by atoms with Gasteiger partial charge in [0.1, 0.15) is 23.9 Å². The molecule has 0 atom stereocenters. The summed E-state index contributed by atoms with van der Waals surface area (Å²) in [6.45, 7) is 0.531. The van der Waals surface area contributed by atoms with Crippen molar-refractivity contribution < 1.29 is 14.6 Å². The van der Waals surface area contributed by atoms with Gasteiger partial charge in [0.25, 0.3) is 0 Å². The number of hydrogen-bond donors (Lipinski definition) is 1. The lowest BCUT2D eigenvalue weighted by Gasteiger charge is -2.06. The van der Waals surface area contributed by atoms with E-state index in [1.54, 1.807) is 31.5 Å². The summed E-state index contributed by atoms with van der Waals surface area (Å²) in [6.07, 6.45) is 1.62. The lowest BCUT2D eigenvalue weighted by molar-refractivity contribution is 0.306. The number of methoxy groups -OCH3 is 1. The van der Waals surface area contributed by atoms with Gasteiger partial charge < -0.3 is 14.6 Å². The van der Waals surface area contributed by atoms with Crippen LogP contribution >= 0.6 is 0 Å². The summed E-state index contributed by atoms with van der Waals surface area (Å²) in [6, 6.07) is 22.6. The summed E-state index contributed by atoms with van der Waals surface area (Å²) in [4.78, 5) is 4.37. The zero-order valence-corrected chi connectivity index (χ0v) is 13.9. The molecule has 1 N–H and O–H groups in total. The number of aliphatic imine (C=N–C) groups is 1. The summed E-state index contributed by atoms with van der Waals surface area (Å²) in [5, 5.41) is 9.93. The van der Waals surface area contributed by atoms with Crippen molar-refractivity contribution in [3.8, 4) is 17.2 Å². The molecule has 3 aromatic carbocycles. The fourth-order valence-corrected chi connectivity index (χ4v) is 2.27. The van der Waals surface area contributed by atoms with Gasteiger partial charge in [0.05, 0.1) is 12.8 Å². The van der Waals surface area contributed by atoms with E-state index < -0.39 is 0 Å². The molecule has 0 unspecified atom stereocenters. The molecule has 126 valence electrons. The van der Waals surface area contributed by atoms with Crippen molar-refractivity contribution in [2.75, 3.05) is 7.11 Å². The zero-order valence-electron chi connectivity index (χ0n) is 13.9. The molecule has 0 heterocycles. The summed E-state index contributed by atoms with van der Waals surface area (Å²) in [5.41, 5.74) is 2.53. The minimum Gasteiger partial charge on any atom is -0.507 e. The van der Waals surface area contributed by atoms with Gasteiger partial charge in [-0.25, -0.2) is 0 Å². The number of phenols is 1. The van der Waals surface area contributed by atoms with E-state index in [9.17, 15) is 5.11 Å². The molecule has 0 aliphatic rings. The lowest BCUT2D eigenvalue weighted by Crippen LogP contribution is -1.94. The second-order valence-electron chi connectivity index (χ2n) is 5.45.